The lowest BCUT2D eigenvalue weighted by Gasteiger charge is -2.14. The van der Waals surface area contributed by atoms with Gasteiger partial charge >= 0.3 is 0 Å². The summed E-state index contributed by atoms with van der Waals surface area (Å²) in [6.07, 6.45) is 2.51. The maximum Gasteiger partial charge on any atom is 0.274 e. The van der Waals surface area contributed by atoms with E-state index < -0.39 is 4.92 Å². The quantitative estimate of drug-likeness (QED) is 0.665. The third kappa shape index (κ3) is 4.03. The summed E-state index contributed by atoms with van der Waals surface area (Å²) in [6, 6.07) is 12.2. The minimum Gasteiger partial charge on any atom is -0.321 e. The Hall–Kier alpha value is -2.73. The topological polar surface area (TPSA) is 75.5 Å². The van der Waals surface area contributed by atoms with Gasteiger partial charge in [0.05, 0.1) is 16.2 Å². The Kier molecular flexibility index (Phi) is 5.09. The molecule has 0 spiro atoms. The van der Waals surface area contributed by atoms with E-state index in [2.05, 4.69) is 10.2 Å². The average Bonchev–Trinajstić information content (AvgIpc) is 3.10. The predicted octanol–water partition coefficient (Wildman–Crippen LogP) is 3.75. The van der Waals surface area contributed by atoms with Crippen molar-refractivity contribution >= 4 is 17.3 Å². The number of amides is 1. The van der Waals surface area contributed by atoms with E-state index in [4.69, 9.17) is 0 Å². The smallest absolute Gasteiger partial charge is 0.274 e. The minimum atomic E-state index is -0.446. The molecule has 1 fully saturated rings. The van der Waals surface area contributed by atoms with Gasteiger partial charge in [-0.05, 0) is 56.6 Å². The summed E-state index contributed by atoms with van der Waals surface area (Å²) < 4.78 is 0. The number of benzene rings is 2. The van der Waals surface area contributed by atoms with Crippen LogP contribution in [-0.2, 0) is 6.54 Å². The highest BCUT2D eigenvalue weighted by Gasteiger charge is 2.16. The lowest BCUT2D eigenvalue weighted by Crippen LogP contribution is -2.18. The summed E-state index contributed by atoms with van der Waals surface area (Å²) in [5.74, 6) is -0.267. The SMILES string of the molecule is Cc1c(NC(=O)c2ccc(CN3CCCC3)cc2)cccc1[N+](=O)[O-]. The van der Waals surface area contributed by atoms with Gasteiger partial charge in [0, 0.05) is 18.2 Å². The van der Waals surface area contributed by atoms with Gasteiger partial charge in [-0.15, -0.1) is 0 Å². The molecule has 1 N–H and O–H groups in total. The molecule has 130 valence electrons. The molecule has 2 aromatic rings. The van der Waals surface area contributed by atoms with Crippen LogP contribution in [0.25, 0.3) is 0 Å². The highest BCUT2D eigenvalue weighted by atomic mass is 16.6. The van der Waals surface area contributed by atoms with E-state index in [1.54, 1.807) is 31.2 Å². The molecule has 0 aromatic heterocycles. The van der Waals surface area contributed by atoms with Gasteiger partial charge in [-0.2, -0.15) is 0 Å². The second kappa shape index (κ2) is 7.44. The summed E-state index contributed by atoms with van der Waals surface area (Å²) in [4.78, 5) is 25.4. The minimum absolute atomic E-state index is 0.00115. The monoisotopic (exact) mass is 339 g/mol. The highest BCUT2D eigenvalue weighted by Crippen LogP contribution is 2.25. The second-order valence-corrected chi connectivity index (χ2v) is 6.34. The molecule has 25 heavy (non-hydrogen) atoms. The number of hydrogen-bond acceptors (Lipinski definition) is 4. The van der Waals surface area contributed by atoms with Gasteiger partial charge in [0.25, 0.3) is 11.6 Å². The molecule has 1 amide bonds. The molecule has 2 aromatic carbocycles. The van der Waals surface area contributed by atoms with Crippen LogP contribution < -0.4 is 5.32 Å². The van der Waals surface area contributed by atoms with Crippen LogP contribution in [0.1, 0.15) is 34.3 Å². The molecular formula is C19H21N3O3. The zero-order valence-electron chi connectivity index (χ0n) is 14.2. The van der Waals surface area contributed by atoms with Gasteiger partial charge in [0.1, 0.15) is 0 Å². The largest absolute Gasteiger partial charge is 0.321 e. The van der Waals surface area contributed by atoms with Crippen LogP contribution in [0, 0.1) is 17.0 Å². The van der Waals surface area contributed by atoms with Crippen molar-refractivity contribution < 1.29 is 9.72 Å². The number of anilines is 1. The molecule has 1 heterocycles. The van der Waals surface area contributed by atoms with Crippen molar-refractivity contribution in [3.8, 4) is 0 Å². The maximum atomic E-state index is 12.4. The van der Waals surface area contributed by atoms with Crippen molar-refractivity contribution in [1.82, 2.24) is 4.90 Å². The number of nitro groups is 1. The number of nitro benzene ring substituents is 1. The van der Waals surface area contributed by atoms with Crippen molar-refractivity contribution in [3.05, 3.63) is 69.3 Å². The first-order chi connectivity index (χ1) is 12.0. The van der Waals surface area contributed by atoms with E-state index in [1.165, 1.54) is 24.5 Å². The molecule has 6 nitrogen and oxygen atoms in total. The Labute approximate surface area is 146 Å². The fourth-order valence-electron chi connectivity index (χ4n) is 3.11. The first kappa shape index (κ1) is 17.1. The highest BCUT2D eigenvalue weighted by molar-refractivity contribution is 6.04. The zero-order chi connectivity index (χ0) is 17.8. The number of nitrogens with zero attached hydrogens (tertiary/aromatic N) is 2. The molecule has 0 aliphatic carbocycles. The lowest BCUT2D eigenvalue weighted by molar-refractivity contribution is -0.385. The second-order valence-electron chi connectivity index (χ2n) is 6.34. The summed E-state index contributed by atoms with van der Waals surface area (Å²) >= 11 is 0. The van der Waals surface area contributed by atoms with Crippen LogP contribution in [0.3, 0.4) is 0 Å². The third-order valence-electron chi connectivity index (χ3n) is 4.57. The summed E-state index contributed by atoms with van der Waals surface area (Å²) in [5, 5.41) is 13.8. The summed E-state index contributed by atoms with van der Waals surface area (Å²) in [7, 11) is 0. The van der Waals surface area contributed by atoms with Crippen molar-refractivity contribution in [2.75, 3.05) is 18.4 Å². The standard InChI is InChI=1S/C19H21N3O3/c1-14-17(5-4-6-18(14)22(24)25)20-19(23)16-9-7-15(8-10-16)13-21-11-2-3-12-21/h4-10H,2-3,11-13H2,1H3,(H,20,23). The van der Waals surface area contributed by atoms with Gasteiger partial charge in [0.2, 0.25) is 0 Å². The van der Waals surface area contributed by atoms with E-state index in [9.17, 15) is 14.9 Å². The average molecular weight is 339 g/mol. The van der Waals surface area contributed by atoms with E-state index >= 15 is 0 Å². The molecule has 1 aliphatic rings. The molecule has 3 rings (SSSR count). The van der Waals surface area contributed by atoms with Gasteiger partial charge in [-0.25, -0.2) is 0 Å². The molecular weight excluding hydrogens is 318 g/mol. The van der Waals surface area contributed by atoms with Gasteiger partial charge in [0.15, 0.2) is 0 Å². The molecule has 1 saturated heterocycles. The Bertz CT molecular complexity index is 781. The van der Waals surface area contributed by atoms with Gasteiger partial charge < -0.3 is 5.32 Å². The molecule has 6 heteroatoms. The zero-order valence-corrected chi connectivity index (χ0v) is 14.2. The number of rotatable bonds is 5. The van der Waals surface area contributed by atoms with E-state index in [-0.39, 0.29) is 11.6 Å². The summed E-state index contributed by atoms with van der Waals surface area (Å²) in [6.45, 7) is 4.81. The van der Waals surface area contributed by atoms with Crippen molar-refractivity contribution in [1.29, 1.82) is 0 Å². The summed E-state index contributed by atoms with van der Waals surface area (Å²) in [5.41, 5.74) is 2.63. The van der Waals surface area contributed by atoms with Gasteiger partial charge in [-0.3, -0.25) is 19.8 Å². The van der Waals surface area contributed by atoms with E-state index in [1.807, 2.05) is 12.1 Å². The fourth-order valence-corrected chi connectivity index (χ4v) is 3.11. The Morgan fingerprint density at radius 3 is 2.48 bits per heavy atom. The number of hydrogen-bond donors (Lipinski definition) is 1. The molecule has 0 unspecified atom stereocenters. The number of carbonyl (C=O) groups excluding carboxylic acids is 1. The number of nitrogens with one attached hydrogen (secondary N) is 1. The van der Waals surface area contributed by atoms with Crippen LogP contribution in [0.15, 0.2) is 42.5 Å². The molecule has 0 radical (unpaired) electrons. The Balaban J connectivity index is 1.69. The maximum absolute atomic E-state index is 12.4. The number of carbonyl (C=O) groups is 1. The molecule has 0 saturated carbocycles. The molecule has 0 atom stereocenters. The van der Waals surface area contributed by atoms with Crippen molar-refractivity contribution in [3.63, 3.8) is 0 Å². The number of likely N-dealkylation sites (tertiary alicyclic amines) is 1. The van der Waals surface area contributed by atoms with Gasteiger partial charge in [-0.1, -0.05) is 18.2 Å². The Morgan fingerprint density at radius 1 is 1.16 bits per heavy atom. The van der Waals surface area contributed by atoms with Crippen LogP contribution in [0.2, 0.25) is 0 Å². The van der Waals surface area contributed by atoms with E-state index in [0.29, 0.717) is 16.8 Å². The van der Waals surface area contributed by atoms with Crippen LogP contribution in [-0.4, -0.2) is 28.8 Å². The van der Waals surface area contributed by atoms with E-state index in [0.717, 1.165) is 19.6 Å². The van der Waals surface area contributed by atoms with Crippen molar-refractivity contribution in [2.45, 2.75) is 26.3 Å². The van der Waals surface area contributed by atoms with Crippen LogP contribution in [0.5, 0.6) is 0 Å². The first-order valence-corrected chi connectivity index (χ1v) is 8.41. The normalized spacial score (nSPS) is 14.4. The van der Waals surface area contributed by atoms with Crippen molar-refractivity contribution in [2.24, 2.45) is 0 Å². The van der Waals surface area contributed by atoms with Crippen LogP contribution >= 0.6 is 0 Å². The third-order valence-corrected chi connectivity index (χ3v) is 4.57. The first-order valence-electron chi connectivity index (χ1n) is 8.41. The molecule has 1 aliphatic heterocycles. The fraction of sp³-hybridized carbons (Fsp3) is 0.316. The van der Waals surface area contributed by atoms with Crippen LogP contribution in [0.4, 0.5) is 11.4 Å². The molecule has 0 bridgehead atoms. The lowest BCUT2D eigenvalue weighted by atomic mass is 10.1. The Morgan fingerprint density at radius 2 is 1.84 bits per heavy atom. The predicted molar refractivity (Wildman–Crippen MR) is 96.7 cm³/mol.